The number of sulfonamides is 1. The van der Waals surface area contributed by atoms with Crippen molar-refractivity contribution in [3.63, 3.8) is 0 Å². The molecule has 0 aliphatic carbocycles. The van der Waals surface area contributed by atoms with Crippen molar-refractivity contribution in [3.05, 3.63) is 33.9 Å². The number of aliphatic hydroxyl groups is 1. The molecule has 0 radical (unpaired) electrons. The molecule has 21 heavy (non-hydrogen) atoms. The van der Waals surface area contributed by atoms with Gasteiger partial charge < -0.3 is 10.2 Å². The minimum Gasteiger partial charge on any atom is -0.480 e. The van der Waals surface area contributed by atoms with Gasteiger partial charge in [0.05, 0.1) is 9.82 Å². The zero-order valence-electron chi connectivity index (χ0n) is 11.0. The van der Waals surface area contributed by atoms with E-state index in [-0.39, 0.29) is 22.6 Å². The molecular formula is C11H14N2O7S. The maximum atomic E-state index is 12.1. The number of aliphatic hydroxyl groups excluding tert-OH is 1. The summed E-state index contributed by atoms with van der Waals surface area (Å²) in [6.45, 7) is 0.738. The van der Waals surface area contributed by atoms with Gasteiger partial charge in [0.1, 0.15) is 6.04 Å². The Hall–Kier alpha value is -2.04. The lowest BCUT2D eigenvalue weighted by atomic mass is 10.2. The number of nitro groups is 1. The highest BCUT2D eigenvalue weighted by atomic mass is 32.2. The first-order chi connectivity index (χ1) is 9.70. The van der Waals surface area contributed by atoms with Gasteiger partial charge in [-0.25, -0.2) is 8.42 Å². The highest BCUT2D eigenvalue weighted by molar-refractivity contribution is 7.89. The molecule has 0 heterocycles. The van der Waals surface area contributed by atoms with Gasteiger partial charge in [-0.2, -0.15) is 4.72 Å². The zero-order valence-corrected chi connectivity index (χ0v) is 11.8. The van der Waals surface area contributed by atoms with E-state index in [1.54, 1.807) is 0 Å². The number of nitrogens with one attached hydrogen (secondary N) is 1. The predicted octanol–water partition coefficient (Wildman–Crippen LogP) is 0.0171. The summed E-state index contributed by atoms with van der Waals surface area (Å²) in [7, 11) is -4.26. The summed E-state index contributed by atoms with van der Waals surface area (Å²) in [6.07, 6.45) is -0.317. The number of carboxylic acid groups (broad SMARTS) is 1. The fourth-order valence-electron chi connectivity index (χ4n) is 1.70. The van der Waals surface area contributed by atoms with Crippen LogP contribution in [0.1, 0.15) is 12.0 Å². The van der Waals surface area contributed by atoms with Gasteiger partial charge in [-0.1, -0.05) is 6.07 Å². The summed E-state index contributed by atoms with van der Waals surface area (Å²) in [5.41, 5.74) is -0.477. The zero-order chi connectivity index (χ0) is 16.2. The average molecular weight is 318 g/mol. The van der Waals surface area contributed by atoms with Crippen LogP contribution in [-0.2, 0) is 14.8 Å². The summed E-state index contributed by atoms with van der Waals surface area (Å²) in [4.78, 5) is 20.6. The van der Waals surface area contributed by atoms with Crippen molar-refractivity contribution in [2.24, 2.45) is 0 Å². The maximum absolute atomic E-state index is 12.1. The largest absolute Gasteiger partial charge is 0.480 e. The third-order valence-electron chi connectivity index (χ3n) is 2.75. The van der Waals surface area contributed by atoms with Gasteiger partial charge in [-0.15, -0.1) is 0 Å². The maximum Gasteiger partial charge on any atom is 0.321 e. The second-order valence-corrected chi connectivity index (χ2v) is 5.86. The van der Waals surface area contributed by atoms with Crippen LogP contribution in [0.3, 0.4) is 0 Å². The highest BCUT2D eigenvalue weighted by Gasteiger charge is 2.28. The standard InChI is InChI=1S/C11H14N2O7S/c1-7-9(13(17)18)3-2-4-10(7)21(19,20)12-8(5-6-14)11(15)16/h2-4,8,12,14H,5-6H2,1H3,(H,15,16)/t8-/m1/s1. The lowest BCUT2D eigenvalue weighted by Crippen LogP contribution is -2.41. The molecular weight excluding hydrogens is 304 g/mol. The van der Waals surface area contributed by atoms with Crippen LogP contribution in [-0.4, -0.2) is 42.2 Å². The van der Waals surface area contributed by atoms with Crippen LogP contribution in [0, 0.1) is 17.0 Å². The molecule has 0 aliphatic rings. The Morgan fingerprint density at radius 2 is 2.10 bits per heavy atom. The second-order valence-electron chi connectivity index (χ2n) is 4.18. The van der Waals surface area contributed by atoms with Gasteiger partial charge >= 0.3 is 5.97 Å². The summed E-state index contributed by atoms with van der Waals surface area (Å²) in [5, 5.41) is 28.4. The van der Waals surface area contributed by atoms with Crippen LogP contribution < -0.4 is 4.72 Å². The Kier molecular flexibility index (Phi) is 5.35. The molecule has 1 atom stereocenters. The van der Waals surface area contributed by atoms with E-state index < -0.39 is 33.6 Å². The number of carbonyl (C=O) groups is 1. The van der Waals surface area contributed by atoms with Crippen molar-refractivity contribution < 1.29 is 28.3 Å². The van der Waals surface area contributed by atoms with Crippen molar-refractivity contribution in [3.8, 4) is 0 Å². The Balaban J connectivity index is 3.22. The minimum atomic E-state index is -4.26. The third-order valence-corrected chi connectivity index (χ3v) is 4.37. The molecule has 1 aromatic carbocycles. The molecule has 0 bridgehead atoms. The molecule has 0 amide bonds. The quantitative estimate of drug-likeness (QED) is 0.474. The molecule has 3 N–H and O–H groups in total. The second kappa shape index (κ2) is 6.61. The van der Waals surface area contributed by atoms with E-state index in [2.05, 4.69) is 0 Å². The highest BCUT2D eigenvalue weighted by Crippen LogP contribution is 2.24. The summed E-state index contributed by atoms with van der Waals surface area (Å²) in [5.74, 6) is -1.45. The van der Waals surface area contributed by atoms with Crippen LogP contribution >= 0.6 is 0 Å². The first kappa shape index (κ1) is 17.0. The van der Waals surface area contributed by atoms with Crippen LogP contribution in [0.25, 0.3) is 0 Å². The van der Waals surface area contributed by atoms with E-state index >= 15 is 0 Å². The number of hydrogen-bond acceptors (Lipinski definition) is 6. The van der Waals surface area contributed by atoms with Crippen LogP contribution in [0.4, 0.5) is 5.69 Å². The molecule has 0 fully saturated rings. The van der Waals surface area contributed by atoms with Crippen LogP contribution in [0.15, 0.2) is 23.1 Å². The lowest BCUT2D eigenvalue weighted by Gasteiger charge is -2.14. The SMILES string of the molecule is Cc1c([N+](=O)[O-])cccc1S(=O)(=O)N[C@H](CCO)C(=O)O. The van der Waals surface area contributed by atoms with Gasteiger partial charge in [0, 0.05) is 18.2 Å². The van der Waals surface area contributed by atoms with E-state index in [0.29, 0.717) is 0 Å². The number of rotatable bonds is 7. The minimum absolute atomic E-state index is 0.0943. The van der Waals surface area contributed by atoms with E-state index in [1.165, 1.54) is 13.0 Å². The van der Waals surface area contributed by atoms with Crippen molar-refractivity contribution >= 4 is 21.7 Å². The van der Waals surface area contributed by atoms with Gasteiger partial charge in [-0.3, -0.25) is 14.9 Å². The van der Waals surface area contributed by atoms with E-state index in [1.807, 2.05) is 4.72 Å². The fraction of sp³-hybridized carbons (Fsp3) is 0.364. The van der Waals surface area contributed by atoms with E-state index in [4.69, 9.17) is 10.2 Å². The monoisotopic (exact) mass is 318 g/mol. The normalized spacial score (nSPS) is 12.9. The summed E-state index contributed by atoms with van der Waals surface area (Å²) < 4.78 is 26.2. The first-order valence-electron chi connectivity index (χ1n) is 5.80. The van der Waals surface area contributed by atoms with Crippen molar-refractivity contribution in [1.29, 1.82) is 0 Å². The molecule has 0 aliphatic heterocycles. The van der Waals surface area contributed by atoms with Crippen LogP contribution in [0.5, 0.6) is 0 Å². The Bertz CT molecular complexity index is 657. The van der Waals surface area contributed by atoms with E-state index in [0.717, 1.165) is 12.1 Å². The lowest BCUT2D eigenvalue weighted by molar-refractivity contribution is -0.385. The molecule has 9 nitrogen and oxygen atoms in total. The molecule has 1 rings (SSSR count). The number of benzene rings is 1. The molecule has 0 aromatic heterocycles. The fourth-order valence-corrected chi connectivity index (χ4v) is 3.19. The number of nitrogens with zero attached hydrogens (tertiary/aromatic N) is 1. The Morgan fingerprint density at radius 3 is 2.57 bits per heavy atom. The van der Waals surface area contributed by atoms with Crippen molar-refractivity contribution in [1.82, 2.24) is 4.72 Å². The molecule has 0 spiro atoms. The Labute approximate surface area is 120 Å². The number of aliphatic carboxylic acids is 1. The molecule has 0 saturated carbocycles. The molecule has 10 heteroatoms. The summed E-state index contributed by atoms with van der Waals surface area (Å²) >= 11 is 0. The van der Waals surface area contributed by atoms with E-state index in [9.17, 15) is 23.3 Å². The number of hydrogen-bond donors (Lipinski definition) is 3. The molecule has 0 saturated heterocycles. The predicted molar refractivity (Wildman–Crippen MR) is 71.3 cm³/mol. The van der Waals surface area contributed by atoms with Crippen LogP contribution in [0.2, 0.25) is 0 Å². The number of carboxylic acids is 1. The Morgan fingerprint density at radius 1 is 1.48 bits per heavy atom. The number of nitro benzene ring substituents is 1. The molecule has 0 unspecified atom stereocenters. The topological polar surface area (TPSA) is 147 Å². The van der Waals surface area contributed by atoms with Gasteiger partial charge in [0.2, 0.25) is 10.0 Å². The van der Waals surface area contributed by atoms with Gasteiger partial charge in [0.15, 0.2) is 0 Å². The average Bonchev–Trinajstić information content (AvgIpc) is 2.37. The summed E-state index contributed by atoms with van der Waals surface area (Å²) in [6, 6.07) is 1.97. The molecule has 116 valence electrons. The van der Waals surface area contributed by atoms with Crippen molar-refractivity contribution in [2.75, 3.05) is 6.61 Å². The third kappa shape index (κ3) is 3.97. The molecule has 1 aromatic rings. The van der Waals surface area contributed by atoms with Gasteiger partial charge in [-0.05, 0) is 19.4 Å². The van der Waals surface area contributed by atoms with Crippen molar-refractivity contribution in [2.45, 2.75) is 24.3 Å². The first-order valence-corrected chi connectivity index (χ1v) is 7.29. The smallest absolute Gasteiger partial charge is 0.321 e. The van der Waals surface area contributed by atoms with Gasteiger partial charge in [0.25, 0.3) is 5.69 Å².